The molecule has 0 radical (unpaired) electrons. The van der Waals surface area contributed by atoms with E-state index in [0.29, 0.717) is 6.54 Å². The molecule has 1 amide bonds. The summed E-state index contributed by atoms with van der Waals surface area (Å²) in [5.74, 6) is 0.969. The molecule has 7 nitrogen and oxygen atoms in total. The second kappa shape index (κ2) is 9.30. The lowest BCUT2D eigenvalue weighted by molar-refractivity contribution is -0.138. The summed E-state index contributed by atoms with van der Waals surface area (Å²) < 4.78 is 5.60. The van der Waals surface area contributed by atoms with Gasteiger partial charge in [0.1, 0.15) is 5.82 Å². The predicted molar refractivity (Wildman–Crippen MR) is 109 cm³/mol. The quantitative estimate of drug-likeness (QED) is 0.756. The van der Waals surface area contributed by atoms with Gasteiger partial charge < -0.3 is 14.6 Å². The van der Waals surface area contributed by atoms with Crippen LogP contribution in [0.15, 0.2) is 30.7 Å². The highest BCUT2D eigenvalue weighted by Gasteiger charge is 2.40. The van der Waals surface area contributed by atoms with Crippen molar-refractivity contribution in [1.29, 1.82) is 0 Å². The first kappa shape index (κ1) is 20.5. The van der Waals surface area contributed by atoms with Gasteiger partial charge in [-0.2, -0.15) is 0 Å². The minimum Gasteiger partial charge on any atom is -0.380 e. The van der Waals surface area contributed by atoms with Gasteiger partial charge in [0, 0.05) is 38.0 Å². The number of hydrogen-bond donors (Lipinski definition) is 1. The van der Waals surface area contributed by atoms with Crippen molar-refractivity contribution in [3.8, 4) is 11.3 Å². The smallest absolute Gasteiger partial charge is 0.240 e. The van der Waals surface area contributed by atoms with E-state index < -0.39 is 0 Å². The van der Waals surface area contributed by atoms with Crippen LogP contribution in [-0.2, 0) is 9.53 Å². The molecule has 1 fully saturated rings. The number of pyridine rings is 1. The molecule has 1 saturated heterocycles. The number of likely N-dealkylation sites (N-methyl/N-ethyl adjacent to an activating group) is 1. The zero-order valence-electron chi connectivity index (χ0n) is 17.3. The number of nitrogens with zero attached hydrogens (tertiary/aromatic N) is 4. The number of carbonyl (C=O) groups excluding carboxylic acids is 1. The summed E-state index contributed by atoms with van der Waals surface area (Å²) in [6, 6.07) is 3.68. The maximum absolute atomic E-state index is 13.4. The molecule has 1 N–H and O–H groups in total. The fraction of sp³-hybridized carbons (Fsp3) is 0.571. The third-order valence-electron chi connectivity index (χ3n) is 5.69. The second-order valence-electron chi connectivity index (χ2n) is 7.17. The number of amides is 1. The number of methoxy groups -OCH3 is 1. The number of carbonyl (C=O) groups is 1. The van der Waals surface area contributed by atoms with Crippen molar-refractivity contribution >= 4 is 5.91 Å². The van der Waals surface area contributed by atoms with Crippen LogP contribution in [0.5, 0.6) is 0 Å². The molecular weight excluding hydrogens is 354 g/mol. The normalized spacial score (nSPS) is 20.7. The highest BCUT2D eigenvalue weighted by molar-refractivity contribution is 5.82. The molecule has 3 rings (SSSR count). The van der Waals surface area contributed by atoms with Gasteiger partial charge in [-0.15, -0.1) is 0 Å². The number of H-pyrrole nitrogens is 1. The molecule has 0 bridgehead atoms. The van der Waals surface area contributed by atoms with Gasteiger partial charge in [-0.25, -0.2) is 4.98 Å². The van der Waals surface area contributed by atoms with Crippen LogP contribution in [-0.4, -0.2) is 69.5 Å². The summed E-state index contributed by atoms with van der Waals surface area (Å²) in [6.07, 6.45) is 6.93. The van der Waals surface area contributed by atoms with Crippen molar-refractivity contribution in [3.05, 3.63) is 36.5 Å². The molecule has 0 unspecified atom stereocenters. The summed E-state index contributed by atoms with van der Waals surface area (Å²) >= 11 is 0. The molecule has 28 heavy (non-hydrogen) atoms. The Morgan fingerprint density at radius 3 is 2.75 bits per heavy atom. The first-order valence-electron chi connectivity index (χ1n) is 10.1. The maximum Gasteiger partial charge on any atom is 0.240 e. The zero-order chi connectivity index (χ0) is 20.1. The summed E-state index contributed by atoms with van der Waals surface area (Å²) in [5.41, 5.74) is 1.89. The zero-order valence-corrected chi connectivity index (χ0v) is 17.3. The average Bonchev–Trinajstić information content (AvgIpc) is 3.39. The number of imidazole rings is 1. The molecule has 0 saturated carbocycles. The lowest BCUT2D eigenvalue weighted by Crippen LogP contribution is -2.48. The fourth-order valence-electron chi connectivity index (χ4n) is 4.09. The standard InChI is InChI=1S/C21H31N5O2/c1-5-18(25(6-2)7-3)21(27)26-14-16(28-4)11-19(26)20-23-13-17(24-20)15-9-8-10-22-12-15/h8-10,12-13,16,18-19H,5-7,11,14H2,1-4H3,(H,23,24)/t16-,18-,19-/m1/s1. The molecule has 1 aliphatic heterocycles. The number of nitrogens with one attached hydrogen (secondary N) is 1. The Kier molecular flexibility index (Phi) is 6.80. The van der Waals surface area contributed by atoms with Crippen LogP contribution >= 0.6 is 0 Å². The van der Waals surface area contributed by atoms with E-state index in [4.69, 9.17) is 4.74 Å². The van der Waals surface area contributed by atoms with E-state index in [1.807, 2.05) is 23.2 Å². The summed E-state index contributed by atoms with van der Waals surface area (Å²) in [6.45, 7) is 8.60. The van der Waals surface area contributed by atoms with Crippen molar-refractivity contribution in [2.75, 3.05) is 26.7 Å². The van der Waals surface area contributed by atoms with Crippen LogP contribution in [0.25, 0.3) is 11.3 Å². The number of hydrogen-bond acceptors (Lipinski definition) is 5. The predicted octanol–water partition coefficient (Wildman–Crippen LogP) is 2.88. The Labute approximate surface area is 167 Å². The Balaban J connectivity index is 1.86. The highest BCUT2D eigenvalue weighted by Crippen LogP contribution is 2.34. The number of aromatic amines is 1. The second-order valence-corrected chi connectivity index (χ2v) is 7.17. The first-order chi connectivity index (χ1) is 13.6. The van der Waals surface area contributed by atoms with Gasteiger partial charge >= 0.3 is 0 Å². The lowest BCUT2D eigenvalue weighted by Gasteiger charge is -2.33. The molecule has 1 aliphatic rings. The van der Waals surface area contributed by atoms with Crippen molar-refractivity contribution < 1.29 is 9.53 Å². The molecule has 3 heterocycles. The van der Waals surface area contributed by atoms with E-state index in [1.165, 1.54) is 0 Å². The molecule has 7 heteroatoms. The molecule has 0 aromatic carbocycles. The summed E-state index contributed by atoms with van der Waals surface area (Å²) in [4.78, 5) is 29.8. The Morgan fingerprint density at radius 2 is 2.14 bits per heavy atom. The molecule has 0 aliphatic carbocycles. The highest BCUT2D eigenvalue weighted by atomic mass is 16.5. The Bertz CT molecular complexity index is 759. The van der Waals surface area contributed by atoms with Gasteiger partial charge in [0.05, 0.1) is 30.1 Å². The largest absolute Gasteiger partial charge is 0.380 e. The number of rotatable bonds is 8. The van der Waals surface area contributed by atoms with E-state index in [9.17, 15) is 4.79 Å². The van der Waals surface area contributed by atoms with Gasteiger partial charge in [0.25, 0.3) is 0 Å². The Morgan fingerprint density at radius 1 is 1.36 bits per heavy atom. The minimum atomic E-state index is -0.110. The van der Waals surface area contributed by atoms with Gasteiger partial charge in [-0.05, 0) is 31.6 Å². The minimum absolute atomic E-state index is 0.0232. The molecule has 152 valence electrons. The van der Waals surface area contributed by atoms with Gasteiger partial charge in [-0.1, -0.05) is 20.8 Å². The van der Waals surface area contributed by atoms with E-state index in [0.717, 1.165) is 43.0 Å². The monoisotopic (exact) mass is 385 g/mol. The van der Waals surface area contributed by atoms with E-state index in [1.54, 1.807) is 19.5 Å². The van der Waals surface area contributed by atoms with Gasteiger partial charge in [0.2, 0.25) is 5.91 Å². The van der Waals surface area contributed by atoms with Crippen molar-refractivity contribution in [1.82, 2.24) is 24.8 Å². The molecular formula is C21H31N5O2. The first-order valence-corrected chi connectivity index (χ1v) is 10.1. The number of ether oxygens (including phenoxy) is 1. The molecule has 2 aromatic heterocycles. The van der Waals surface area contributed by atoms with Crippen molar-refractivity contribution in [3.63, 3.8) is 0 Å². The van der Waals surface area contributed by atoms with Crippen molar-refractivity contribution in [2.45, 2.75) is 51.8 Å². The van der Waals surface area contributed by atoms with Gasteiger partial charge in [0.15, 0.2) is 0 Å². The van der Waals surface area contributed by atoms with E-state index >= 15 is 0 Å². The Hall–Kier alpha value is -2.25. The van der Waals surface area contributed by atoms with Gasteiger partial charge in [-0.3, -0.25) is 14.7 Å². The van der Waals surface area contributed by atoms with E-state index in [2.05, 4.69) is 40.6 Å². The van der Waals surface area contributed by atoms with Crippen LogP contribution in [0.1, 0.15) is 45.5 Å². The average molecular weight is 386 g/mol. The van der Waals surface area contributed by atoms with E-state index in [-0.39, 0.29) is 24.1 Å². The van der Waals surface area contributed by atoms with Crippen LogP contribution in [0.2, 0.25) is 0 Å². The summed E-state index contributed by atoms with van der Waals surface area (Å²) in [7, 11) is 1.71. The molecule has 2 aromatic rings. The van der Waals surface area contributed by atoms with Crippen LogP contribution in [0, 0.1) is 0 Å². The number of aromatic nitrogens is 3. The topological polar surface area (TPSA) is 74.4 Å². The van der Waals surface area contributed by atoms with Crippen molar-refractivity contribution in [2.24, 2.45) is 0 Å². The molecule has 0 spiro atoms. The van der Waals surface area contributed by atoms with Crippen LogP contribution in [0.3, 0.4) is 0 Å². The third-order valence-corrected chi connectivity index (χ3v) is 5.69. The summed E-state index contributed by atoms with van der Waals surface area (Å²) in [5, 5.41) is 0. The van der Waals surface area contributed by atoms with Crippen LogP contribution < -0.4 is 0 Å². The maximum atomic E-state index is 13.4. The molecule has 3 atom stereocenters. The number of likely N-dealkylation sites (tertiary alicyclic amines) is 1. The third kappa shape index (κ3) is 4.10. The SMILES string of the molecule is CC[C@H](C(=O)N1C[C@H](OC)C[C@@H]1c1ncc(-c2cccnc2)[nH]1)N(CC)CC. The lowest BCUT2D eigenvalue weighted by atomic mass is 10.1. The fourth-order valence-corrected chi connectivity index (χ4v) is 4.09. The van der Waals surface area contributed by atoms with Crippen LogP contribution in [0.4, 0.5) is 0 Å².